The van der Waals surface area contributed by atoms with Gasteiger partial charge in [0.05, 0.1) is 5.56 Å². The highest BCUT2D eigenvalue weighted by atomic mass is 16.1. The molecule has 15 heavy (non-hydrogen) atoms. The first kappa shape index (κ1) is 9.78. The quantitative estimate of drug-likeness (QED) is 0.729. The molecule has 0 fully saturated rings. The predicted molar refractivity (Wildman–Crippen MR) is 56.5 cm³/mol. The predicted octanol–water partition coefficient (Wildman–Crippen LogP) is 1.72. The fraction of sp³-hybridized carbons (Fsp3) is 0.455. The Labute approximate surface area is 88.3 Å². The van der Waals surface area contributed by atoms with E-state index in [4.69, 9.17) is 5.26 Å². The molecule has 1 heterocycles. The van der Waals surface area contributed by atoms with E-state index in [0.29, 0.717) is 11.4 Å². The van der Waals surface area contributed by atoms with Gasteiger partial charge in [-0.2, -0.15) is 5.26 Å². The van der Waals surface area contributed by atoms with E-state index in [-0.39, 0.29) is 5.91 Å². The first-order chi connectivity index (χ1) is 7.22. The summed E-state index contributed by atoms with van der Waals surface area (Å²) in [5.41, 5.74) is 2.81. The van der Waals surface area contributed by atoms with Gasteiger partial charge in [0.1, 0.15) is 11.9 Å². The Balaban J connectivity index is 2.43. The number of fused-ring (bicyclic) bond motifs is 1. The summed E-state index contributed by atoms with van der Waals surface area (Å²) in [6, 6.07) is 2.16. The summed E-state index contributed by atoms with van der Waals surface area (Å²) in [5, 5.41) is 11.7. The zero-order valence-corrected chi connectivity index (χ0v) is 8.68. The number of hydrogen-bond acceptors (Lipinski definition) is 2. The minimum atomic E-state index is -0.148. The number of rotatable bonds is 1. The van der Waals surface area contributed by atoms with Crippen molar-refractivity contribution in [1.29, 1.82) is 5.26 Å². The Hall–Kier alpha value is -1.76. The minimum absolute atomic E-state index is 0.148. The number of amides is 1. The third-order valence-corrected chi connectivity index (χ3v) is 2.71. The van der Waals surface area contributed by atoms with Crippen LogP contribution in [0.5, 0.6) is 0 Å². The van der Waals surface area contributed by atoms with E-state index in [1.807, 2.05) is 0 Å². The van der Waals surface area contributed by atoms with Crippen LogP contribution >= 0.6 is 0 Å². The maximum atomic E-state index is 11.0. The van der Waals surface area contributed by atoms with Gasteiger partial charge in [-0.05, 0) is 31.2 Å². The van der Waals surface area contributed by atoms with E-state index >= 15 is 0 Å². The van der Waals surface area contributed by atoms with Gasteiger partial charge in [-0.25, -0.2) is 0 Å². The highest BCUT2D eigenvalue weighted by Gasteiger charge is 2.20. The Bertz CT molecular complexity index is 439. The number of hydrogen-bond donors (Lipinski definition) is 2. The number of H-pyrrole nitrogens is 1. The second-order valence-electron chi connectivity index (χ2n) is 3.83. The number of nitrogens with one attached hydrogen (secondary N) is 2. The number of carbonyl (C=O) groups excluding carboxylic acids is 1. The van der Waals surface area contributed by atoms with Crippen molar-refractivity contribution in [3.05, 3.63) is 16.8 Å². The average Bonchev–Trinajstić information content (AvgIpc) is 2.53. The van der Waals surface area contributed by atoms with Crippen molar-refractivity contribution in [2.45, 2.75) is 32.6 Å². The number of carbonyl (C=O) groups is 1. The lowest BCUT2D eigenvalue weighted by Crippen LogP contribution is -2.07. The average molecular weight is 203 g/mol. The summed E-state index contributed by atoms with van der Waals surface area (Å²) in [6.45, 7) is 1.45. The van der Waals surface area contributed by atoms with Crippen LogP contribution in [-0.4, -0.2) is 10.9 Å². The van der Waals surface area contributed by atoms with E-state index in [0.717, 1.165) is 36.9 Å². The normalized spacial score (nSPS) is 14.1. The minimum Gasteiger partial charge on any atom is -0.344 e. The van der Waals surface area contributed by atoms with Crippen molar-refractivity contribution in [3.8, 4) is 6.07 Å². The Kier molecular flexibility index (Phi) is 2.46. The van der Waals surface area contributed by atoms with Crippen LogP contribution in [0.15, 0.2) is 0 Å². The van der Waals surface area contributed by atoms with E-state index < -0.39 is 0 Å². The maximum absolute atomic E-state index is 11.0. The molecular formula is C11H13N3O. The van der Waals surface area contributed by atoms with Crippen LogP contribution in [0, 0.1) is 11.3 Å². The Morgan fingerprint density at radius 3 is 2.87 bits per heavy atom. The number of aryl methyl sites for hydroxylation is 1. The van der Waals surface area contributed by atoms with Gasteiger partial charge in [-0.3, -0.25) is 4.79 Å². The number of aromatic amines is 1. The molecule has 0 spiro atoms. The Morgan fingerprint density at radius 2 is 2.20 bits per heavy atom. The van der Waals surface area contributed by atoms with Gasteiger partial charge in [-0.1, -0.05) is 0 Å². The van der Waals surface area contributed by atoms with E-state index in [1.54, 1.807) is 0 Å². The summed E-state index contributed by atoms with van der Waals surface area (Å²) in [5.74, 6) is 0.419. The second-order valence-corrected chi connectivity index (χ2v) is 3.83. The molecule has 2 rings (SSSR count). The number of anilines is 1. The van der Waals surface area contributed by atoms with Crippen LogP contribution in [0.2, 0.25) is 0 Å². The first-order valence-corrected chi connectivity index (χ1v) is 5.13. The van der Waals surface area contributed by atoms with Crippen LogP contribution in [0.25, 0.3) is 0 Å². The molecule has 1 aliphatic carbocycles. The lowest BCUT2D eigenvalue weighted by molar-refractivity contribution is -0.114. The molecule has 1 amide bonds. The molecule has 1 aromatic rings. The molecule has 0 radical (unpaired) electrons. The van der Waals surface area contributed by atoms with Crippen molar-refractivity contribution in [3.63, 3.8) is 0 Å². The molecule has 0 atom stereocenters. The molecule has 78 valence electrons. The van der Waals surface area contributed by atoms with Crippen molar-refractivity contribution in [2.75, 3.05) is 5.32 Å². The van der Waals surface area contributed by atoms with Crippen LogP contribution < -0.4 is 5.32 Å². The van der Waals surface area contributed by atoms with Crippen LogP contribution in [0.3, 0.4) is 0 Å². The molecular weight excluding hydrogens is 190 g/mol. The van der Waals surface area contributed by atoms with Crippen molar-refractivity contribution in [2.24, 2.45) is 0 Å². The van der Waals surface area contributed by atoms with Gasteiger partial charge < -0.3 is 10.3 Å². The fourth-order valence-corrected chi connectivity index (χ4v) is 2.08. The number of nitriles is 1. The third-order valence-electron chi connectivity index (χ3n) is 2.71. The molecule has 0 aliphatic heterocycles. The van der Waals surface area contributed by atoms with Gasteiger partial charge in [0.2, 0.25) is 5.91 Å². The van der Waals surface area contributed by atoms with Crippen molar-refractivity contribution < 1.29 is 4.79 Å². The topological polar surface area (TPSA) is 68.7 Å². The van der Waals surface area contributed by atoms with Crippen molar-refractivity contribution in [1.82, 2.24) is 4.98 Å². The number of nitrogens with zero attached hydrogens (tertiary/aromatic N) is 1. The van der Waals surface area contributed by atoms with Crippen LogP contribution in [0.4, 0.5) is 5.82 Å². The van der Waals surface area contributed by atoms with Gasteiger partial charge >= 0.3 is 0 Å². The van der Waals surface area contributed by atoms with Gasteiger partial charge in [0, 0.05) is 12.6 Å². The zero-order valence-electron chi connectivity index (χ0n) is 8.68. The van der Waals surface area contributed by atoms with Gasteiger partial charge in [0.25, 0.3) is 0 Å². The molecule has 0 aromatic carbocycles. The summed E-state index contributed by atoms with van der Waals surface area (Å²) >= 11 is 0. The molecule has 0 saturated heterocycles. The smallest absolute Gasteiger partial charge is 0.222 e. The van der Waals surface area contributed by atoms with Crippen LogP contribution in [0.1, 0.15) is 36.6 Å². The SMILES string of the molecule is CC(=O)Nc1[nH]c2c(c1C#N)CCCC2. The van der Waals surface area contributed by atoms with Crippen LogP contribution in [-0.2, 0) is 17.6 Å². The summed E-state index contributed by atoms with van der Waals surface area (Å²) < 4.78 is 0. The molecule has 2 N–H and O–H groups in total. The van der Waals surface area contributed by atoms with Gasteiger partial charge in [0.15, 0.2) is 0 Å². The van der Waals surface area contributed by atoms with E-state index in [9.17, 15) is 4.79 Å². The lowest BCUT2D eigenvalue weighted by Gasteiger charge is -2.09. The third kappa shape index (κ3) is 1.73. The fourth-order valence-electron chi connectivity index (χ4n) is 2.08. The molecule has 4 nitrogen and oxygen atoms in total. The number of aromatic nitrogens is 1. The summed E-state index contributed by atoms with van der Waals surface area (Å²) in [4.78, 5) is 14.1. The zero-order chi connectivity index (χ0) is 10.8. The summed E-state index contributed by atoms with van der Waals surface area (Å²) in [7, 11) is 0. The highest BCUT2D eigenvalue weighted by molar-refractivity contribution is 5.89. The molecule has 1 aliphatic rings. The second kappa shape index (κ2) is 3.77. The van der Waals surface area contributed by atoms with Gasteiger partial charge in [-0.15, -0.1) is 0 Å². The summed E-state index contributed by atoms with van der Waals surface area (Å²) in [6.07, 6.45) is 4.19. The first-order valence-electron chi connectivity index (χ1n) is 5.13. The Morgan fingerprint density at radius 1 is 1.47 bits per heavy atom. The molecule has 0 bridgehead atoms. The standard InChI is InChI=1S/C11H13N3O/c1-7(15)13-11-9(6-12)8-4-2-3-5-10(8)14-11/h14H,2-5H2,1H3,(H,13,15). The highest BCUT2D eigenvalue weighted by Crippen LogP contribution is 2.29. The van der Waals surface area contributed by atoms with E-state index in [2.05, 4.69) is 16.4 Å². The molecule has 1 aromatic heterocycles. The maximum Gasteiger partial charge on any atom is 0.222 e. The largest absolute Gasteiger partial charge is 0.344 e. The molecule has 4 heteroatoms. The van der Waals surface area contributed by atoms with Crippen molar-refractivity contribution >= 4 is 11.7 Å². The molecule has 0 saturated carbocycles. The lowest BCUT2D eigenvalue weighted by atomic mass is 9.95. The van der Waals surface area contributed by atoms with E-state index in [1.165, 1.54) is 6.92 Å². The molecule has 0 unspecified atom stereocenters. The monoisotopic (exact) mass is 203 g/mol.